The molecule has 0 aromatic rings. The first-order valence-corrected chi connectivity index (χ1v) is 7.55. The van der Waals surface area contributed by atoms with Crippen molar-refractivity contribution in [2.75, 3.05) is 13.2 Å². The molecule has 1 aliphatic heterocycles. The lowest BCUT2D eigenvalue weighted by atomic mass is 10.2. The van der Waals surface area contributed by atoms with Crippen LogP contribution in [0.4, 0.5) is 4.79 Å². The lowest BCUT2D eigenvalue weighted by Gasteiger charge is -2.30. The Labute approximate surface area is 130 Å². The summed E-state index contributed by atoms with van der Waals surface area (Å²) in [7, 11) is 0. The Morgan fingerprint density at radius 2 is 1.36 bits per heavy atom. The average molecular weight is 315 g/mol. The van der Waals surface area contributed by atoms with E-state index >= 15 is 0 Å². The Bertz CT molecular complexity index is 402. The number of esters is 2. The fraction of sp³-hybridized carbons (Fsp3) is 0.800. The molecule has 0 N–H and O–H groups in total. The van der Waals surface area contributed by atoms with E-state index in [-0.39, 0.29) is 13.2 Å². The number of hydrogen-bond acceptors (Lipinski definition) is 6. The van der Waals surface area contributed by atoms with E-state index in [0.29, 0.717) is 12.8 Å². The quantitative estimate of drug-likeness (QED) is 0.582. The maximum absolute atomic E-state index is 12.4. The molecule has 0 spiro atoms. The number of likely N-dealkylation sites (tertiary alicyclic amines) is 1. The summed E-state index contributed by atoms with van der Waals surface area (Å²) in [5.74, 6) is -1.06. The van der Waals surface area contributed by atoms with Crippen LogP contribution in [0.25, 0.3) is 0 Å². The molecule has 0 aromatic carbocycles. The summed E-state index contributed by atoms with van der Waals surface area (Å²) in [6.45, 7) is 8.96. The van der Waals surface area contributed by atoms with Crippen molar-refractivity contribution in [3.05, 3.63) is 0 Å². The predicted molar refractivity (Wildman–Crippen MR) is 78.1 cm³/mol. The highest BCUT2D eigenvalue weighted by molar-refractivity contribution is 5.88. The summed E-state index contributed by atoms with van der Waals surface area (Å²) in [5, 5.41) is 0. The van der Waals surface area contributed by atoms with Gasteiger partial charge >= 0.3 is 18.0 Å². The Hall–Kier alpha value is -1.79. The second-order valence-electron chi connectivity index (χ2n) is 6.00. The summed E-state index contributed by atoms with van der Waals surface area (Å²) in [6, 6.07) is -1.63. The summed E-state index contributed by atoms with van der Waals surface area (Å²) in [4.78, 5) is 37.6. The van der Waals surface area contributed by atoms with E-state index in [1.54, 1.807) is 34.6 Å². The molecule has 126 valence electrons. The number of carbonyl (C=O) groups is 3. The Kier molecular flexibility index (Phi) is 6.20. The minimum atomic E-state index is -0.816. The average Bonchev–Trinajstić information content (AvgIpc) is 2.82. The first kappa shape index (κ1) is 18.3. The number of amides is 1. The molecule has 0 aromatic heterocycles. The van der Waals surface area contributed by atoms with Gasteiger partial charge in [0.25, 0.3) is 0 Å². The molecule has 0 saturated carbocycles. The highest BCUT2D eigenvalue weighted by Gasteiger charge is 2.47. The monoisotopic (exact) mass is 315 g/mol. The Morgan fingerprint density at radius 3 is 1.68 bits per heavy atom. The van der Waals surface area contributed by atoms with Crippen LogP contribution in [0.2, 0.25) is 0 Å². The molecule has 1 aliphatic rings. The minimum Gasteiger partial charge on any atom is -0.464 e. The van der Waals surface area contributed by atoms with Crippen LogP contribution < -0.4 is 0 Å². The van der Waals surface area contributed by atoms with Gasteiger partial charge in [0, 0.05) is 0 Å². The summed E-state index contributed by atoms with van der Waals surface area (Å²) in [5.41, 5.74) is -0.724. The van der Waals surface area contributed by atoms with Crippen LogP contribution in [0.5, 0.6) is 0 Å². The van der Waals surface area contributed by atoms with Crippen molar-refractivity contribution >= 4 is 18.0 Å². The van der Waals surface area contributed by atoms with E-state index in [1.165, 1.54) is 0 Å². The summed E-state index contributed by atoms with van der Waals surface area (Å²) < 4.78 is 15.3. The Morgan fingerprint density at radius 1 is 0.955 bits per heavy atom. The SMILES string of the molecule is CCOC(=O)[C@@H]1CC[C@@H](C(=O)OCC)N1C(=O)OC(C)(C)C. The molecule has 1 amide bonds. The third-order valence-electron chi connectivity index (χ3n) is 3.11. The van der Waals surface area contributed by atoms with Crippen LogP contribution in [-0.2, 0) is 23.8 Å². The van der Waals surface area contributed by atoms with Crippen molar-refractivity contribution in [2.24, 2.45) is 0 Å². The van der Waals surface area contributed by atoms with Crippen LogP contribution in [-0.4, -0.2) is 53.8 Å². The van der Waals surface area contributed by atoms with Gasteiger partial charge in [-0.3, -0.25) is 4.90 Å². The van der Waals surface area contributed by atoms with Crippen molar-refractivity contribution in [1.29, 1.82) is 0 Å². The van der Waals surface area contributed by atoms with Gasteiger partial charge in [0.05, 0.1) is 13.2 Å². The topological polar surface area (TPSA) is 82.1 Å². The van der Waals surface area contributed by atoms with Crippen LogP contribution in [0.15, 0.2) is 0 Å². The highest BCUT2D eigenvalue weighted by Crippen LogP contribution is 2.28. The second-order valence-corrected chi connectivity index (χ2v) is 6.00. The molecule has 0 unspecified atom stereocenters. The molecule has 1 saturated heterocycles. The highest BCUT2D eigenvalue weighted by atomic mass is 16.6. The maximum Gasteiger partial charge on any atom is 0.411 e. The first-order valence-electron chi connectivity index (χ1n) is 7.55. The zero-order valence-corrected chi connectivity index (χ0v) is 13.9. The second kappa shape index (κ2) is 7.47. The lowest BCUT2D eigenvalue weighted by molar-refractivity contribution is -0.153. The van der Waals surface area contributed by atoms with E-state index in [1.807, 2.05) is 0 Å². The van der Waals surface area contributed by atoms with E-state index < -0.39 is 35.7 Å². The molecule has 0 bridgehead atoms. The molecule has 0 radical (unpaired) electrons. The molecule has 0 aliphatic carbocycles. The zero-order valence-electron chi connectivity index (χ0n) is 13.9. The van der Waals surface area contributed by atoms with Gasteiger partial charge in [-0.15, -0.1) is 0 Å². The zero-order chi connectivity index (χ0) is 16.9. The Balaban J connectivity index is 2.97. The van der Waals surface area contributed by atoms with E-state index in [4.69, 9.17) is 14.2 Å². The van der Waals surface area contributed by atoms with Gasteiger partial charge < -0.3 is 14.2 Å². The fourth-order valence-electron chi connectivity index (χ4n) is 2.32. The summed E-state index contributed by atoms with van der Waals surface area (Å²) >= 11 is 0. The van der Waals surface area contributed by atoms with Crippen LogP contribution in [0, 0.1) is 0 Å². The van der Waals surface area contributed by atoms with Crippen molar-refractivity contribution < 1.29 is 28.6 Å². The smallest absolute Gasteiger partial charge is 0.411 e. The largest absolute Gasteiger partial charge is 0.464 e. The predicted octanol–water partition coefficient (Wildman–Crippen LogP) is 1.88. The standard InChI is InChI=1S/C15H25NO6/c1-6-20-12(17)10-8-9-11(13(18)21-7-2)16(10)14(19)22-15(3,4)5/h10-11H,6-9H2,1-5H3/t10-,11-/m0/s1. The molecule has 7 nitrogen and oxygen atoms in total. The number of rotatable bonds is 4. The van der Waals surface area contributed by atoms with E-state index in [9.17, 15) is 14.4 Å². The summed E-state index contributed by atoms with van der Waals surface area (Å²) in [6.07, 6.45) is -0.00978. The minimum absolute atomic E-state index is 0.210. The van der Waals surface area contributed by atoms with Crippen LogP contribution in [0.3, 0.4) is 0 Å². The van der Waals surface area contributed by atoms with Crippen molar-refractivity contribution in [3.63, 3.8) is 0 Å². The van der Waals surface area contributed by atoms with Gasteiger partial charge in [-0.05, 0) is 47.5 Å². The molecule has 7 heteroatoms. The molecular weight excluding hydrogens is 290 g/mol. The van der Waals surface area contributed by atoms with Crippen LogP contribution >= 0.6 is 0 Å². The number of carbonyl (C=O) groups excluding carboxylic acids is 3. The normalized spacial score (nSPS) is 21.4. The van der Waals surface area contributed by atoms with Gasteiger partial charge in [0.15, 0.2) is 0 Å². The first-order chi connectivity index (χ1) is 10.2. The van der Waals surface area contributed by atoms with Gasteiger partial charge in [0.2, 0.25) is 0 Å². The van der Waals surface area contributed by atoms with Crippen molar-refractivity contribution in [2.45, 2.75) is 65.1 Å². The van der Waals surface area contributed by atoms with Gasteiger partial charge in [-0.2, -0.15) is 0 Å². The third-order valence-corrected chi connectivity index (χ3v) is 3.11. The number of ether oxygens (including phenoxy) is 3. The molecular formula is C15H25NO6. The number of hydrogen-bond donors (Lipinski definition) is 0. The van der Waals surface area contributed by atoms with Gasteiger partial charge in [-0.25, -0.2) is 14.4 Å². The fourth-order valence-corrected chi connectivity index (χ4v) is 2.32. The lowest BCUT2D eigenvalue weighted by Crippen LogP contribution is -2.50. The van der Waals surface area contributed by atoms with E-state index in [2.05, 4.69) is 0 Å². The van der Waals surface area contributed by atoms with Gasteiger partial charge in [0.1, 0.15) is 17.7 Å². The van der Waals surface area contributed by atoms with Crippen LogP contribution in [0.1, 0.15) is 47.5 Å². The number of nitrogens with zero attached hydrogens (tertiary/aromatic N) is 1. The molecule has 22 heavy (non-hydrogen) atoms. The molecule has 1 heterocycles. The molecule has 1 rings (SSSR count). The van der Waals surface area contributed by atoms with Crippen molar-refractivity contribution in [3.8, 4) is 0 Å². The third kappa shape index (κ3) is 4.61. The maximum atomic E-state index is 12.4. The van der Waals surface area contributed by atoms with Gasteiger partial charge in [-0.1, -0.05) is 0 Å². The van der Waals surface area contributed by atoms with Crippen molar-refractivity contribution in [1.82, 2.24) is 4.90 Å². The van der Waals surface area contributed by atoms with E-state index in [0.717, 1.165) is 4.90 Å². The molecule has 1 fully saturated rings. The molecule has 2 atom stereocenters.